The summed E-state index contributed by atoms with van der Waals surface area (Å²) < 4.78 is 6.71. The molecule has 0 fully saturated rings. The Morgan fingerprint density at radius 2 is 2.10 bits per heavy atom. The first kappa shape index (κ1) is 19.2. The molecule has 4 aromatic rings. The van der Waals surface area contributed by atoms with Gasteiger partial charge in [0.05, 0.1) is 10.6 Å². The van der Waals surface area contributed by atoms with Crippen LogP contribution >= 0.6 is 11.8 Å². The van der Waals surface area contributed by atoms with Crippen LogP contribution in [0.2, 0.25) is 0 Å². The Balaban J connectivity index is 1.53. The van der Waals surface area contributed by atoms with Gasteiger partial charge in [-0.1, -0.05) is 48.4 Å². The van der Waals surface area contributed by atoms with E-state index in [9.17, 15) is 9.59 Å². The van der Waals surface area contributed by atoms with E-state index >= 15 is 0 Å². The number of esters is 1. The maximum absolute atomic E-state index is 13.0. The number of aromatic nitrogens is 3. The molecular weight excluding hydrogens is 410 g/mol. The first-order valence-corrected chi connectivity index (χ1v) is 10.7. The molecule has 1 N–H and O–H groups in total. The Labute approximate surface area is 182 Å². The molecule has 0 amide bonds. The molecule has 5 rings (SSSR count). The van der Waals surface area contributed by atoms with E-state index in [1.165, 1.54) is 22.5 Å². The number of nitrogens with one attached hydrogen (secondary N) is 1. The van der Waals surface area contributed by atoms with Crippen molar-refractivity contribution in [2.45, 2.75) is 17.5 Å². The fourth-order valence-electron chi connectivity index (χ4n) is 3.91. The van der Waals surface area contributed by atoms with Gasteiger partial charge in [-0.25, -0.2) is 9.78 Å². The van der Waals surface area contributed by atoms with Gasteiger partial charge in [-0.3, -0.25) is 9.36 Å². The first-order valence-electron chi connectivity index (χ1n) is 9.71. The van der Waals surface area contributed by atoms with E-state index in [0.717, 1.165) is 21.9 Å². The molecule has 0 radical (unpaired) electrons. The molecule has 3 heterocycles. The number of thioether (sulfide) groups is 1. The van der Waals surface area contributed by atoms with Gasteiger partial charge in [-0.2, -0.15) is 0 Å². The van der Waals surface area contributed by atoms with Crippen LogP contribution in [0.3, 0.4) is 0 Å². The van der Waals surface area contributed by atoms with E-state index in [1.807, 2.05) is 24.3 Å². The molecular formula is C24H17N3O3S. The number of hydrogen-bond acceptors (Lipinski definition) is 5. The molecule has 0 spiro atoms. The van der Waals surface area contributed by atoms with Crippen LogP contribution in [0.4, 0.5) is 0 Å². The Bertz CT molecular complexity index is 1390. The number of terminal acetylenes is 1. The number of H-pyrrole nitrogens is 1. The van der Waals surface area contributed by atoms with Gasteiger partial charge in [-0.15, -0.1) is 18.2 Å². The van der Waals surface area contributed by atoms with Gasteiger partial charge < -0.3 is 9.72 Å². The zero-order chi connectivity index (χ0) is 21.4. The maximum atomic E-state index is 13.0. The van der Waals surface area contributed by atoms with E-state index in [1.54, 1.807) is 12.3 Å². The van der Waals surface area contributed by atoms with Crippen molar-refractivity contribution in [2.24, 2.45) is 0 Å². The summed E-state index contributed by atoms with van der Waals surface area (Å²) in [6.07, 6.45) is 9.44. The topological polar surface area (TPSA) is 77.0 Å². The monoisotopic (exact) mass is 427 g/mol. The van der Waals surface area contributed by atoms with Crippen molar-refractivity contribution in [1.29, 1.82) is 0 Å². The number of hydrogen-bond donors (Lipinski definition) is 1. The number of ether oxygens (including phenoxy) is 1. The summed E-state index contributed by atoms with van der Waals surface area (Å²) in [4.78, 5) is 32.3. The summed E-state index contributed by atoms with van der Waals surface area (Å²) in [5, 5.41) is 2.89. The summed E-state index contributed by atoms with van der Waals surface area (Å²) in [5.41, 5.74) is 2.25. The number of pyridine rings is 1. The third-order valence-corrected chi connectivity index (χ3v) is 6.48. The Morgan fingerprint density at radius 3 is 2.90 bits per heavy atom. The molecule has 1 aliphatic rings. The van der Waals surface area contributed by atoms with Crippen LogP contribution in [0.1, 0.15) is 22.7 Å². The molecule has 6 nitrogen and oxygen atoms in total. The van der Waals surface area contributed by atoms with Gasteiger partial charge in [0.1, 0.15) is 6.04 Å². The number of rotatable bonds is 4. The minimum absolute atomic E-state index is 0.0984. The second-order valence-electron chi connectivity index (χ2n) is 7.16. The van der Waals surface area contributed by atoms with Crippen LogP contribution in [0.25, 0.3) is 10.8 Å². The predicted molar refractivity (Wildman–Crippen MR) is 119 cm³/mol. The predicted octanol–water partition coefficient (Wildman–Crippen LogP) is 3.55. The van der Waals surface area contributed by atoms with Crippen LogP contribution in [-0.4, -0.2) is 26.3 Å². The van der Waals surface area contributed by atoms with E-state index in [-0.39, 0.29) is 11.6 Å². The van der Waals surface area contributed by atoms with Crippen molar-refractivity contribution in [1.82, 2.24) is 14.5 Å². The third-order valence-electron chi connectivity index (χ3n) is 5.33. The highest BCUT2D eigenvalue weighted by Gasteiger charge is 2.34. The fraction of sp³-hybridized carbons (Fsp3) is 0.125. The normalized spacial score (nSPS) is 14.9. The number of imidazole rings is 1. The molecule has 2 aromatic heterocycles. The average molecular weight is 427 g/mol. The van der Waals surface area contributed by atoms with Crippen molar-refractivity contribution >= 4 is 28.5 Å². The largest absolute Gasteiger partial charge is 0.391 e. The van der Waals surface area contributed by atoms with E-state index in [4.69, 9.17) is 11.2 Å². The number of fused-ring (bicyclic) bond motifs is 2. The number of carbonyl (C=O) groups excluding carboxylic acids is 1. The first-order chi connectivity index (χ1) is 15.2. The average Bonchev–Trinajstić information content (AvgIpc) is 3.45. The zero-order valence-corrected chi connectivity index (χ0v) is 17.2. The van der Waals surface area contributed by atoms with Crippen molar-refractivity contribution in [3.8, 4) is 18.4 Å². The summed E-state index contributed by atoms with van der Waals surface area (Å²) >= 11 is 1.40. The Morgan fingerprint density at radius 1 is 1.26 bits per heavy atom. The molecule has 1 atom stereocenters. The van der Waals surface area contributed by atoms with Gasteiger partial charge in [-0.05, 0) is 28.3 Å². The van der Waals surface area contributed by atoms with E-state index < -0.39 is 12.0 Å². The van der Waals surface area contributed by atoms with Crippen molar-refractivity contribution in [3.63, 3.8) is 0 Å². The summed E-state index contributed by atoms with van der Waals surface area (Å²) in [6, 6.07) is 15.1. The number of nitrogens with zero attached hydrogens (tertiary/aromatic N) is 2. The smallest absolute Gasteiger partial charge is 0.337 e. The molecule has 0 saturated carbocycles. The second kappa shape index (κ2) is 7.82. The lowest BCUT2D eigenvalue weighted by molar-refractivity contribution is -0.138. The fourth-order valence-corrected chi connectivity index (χ4v) is 5.20. The zero-order valence-electron chi connectivity index (χ0n) is 16.4. The van der Waals surface area contributed by atoms with Crippen molar-refractivity contribution in [3.05, 3.63) is 88.0 Å². The second-order valence-corrected chi connectivity index (χ2v) is 8.17. The van der Waals surface area contributed by atoms with Crippen LogP contribution in [-0.2, 0) is 11.2 Å². The van der Waals surface area contributed by atoms with Crippen LogP contribution in [0.5, 0.6) is 6.01 Å². The van der Waals surface area contributed by atoms with Gasteiger partial charge in [0.2, 0.25) is 0 Å². The number of benzene rings is 2. The van der Waals surface area contributed by atoms with Crippen LogP contribution in [0, 0.1) is 12.3 Å². The maximum Gasteiger partial charge on any atom is 0.337 e. The lowest BCUT2D eigenvalue weighted by Gasteiger charge is -2.15. The quantitative estimate of drug-likeness (QED) is 0.398. The minimum Gasteiger partial charge on any atom is -0.391 e. The van der Waals surface area contributed by atoms with Crippen LogP contribution in [0.15, 0.2) is 70.7 Å². The van der Waals surface area contributed by atoms with E-state index in [0.29, 0.717) is 22.8 Å². The molecule has 0 saturated heterocycles. The van der Waals surface area contributed by atoms with Crippen molar-refractivity contribution < 1.29 is 9.53 Å². The lowest BCUT2D eigenvalue weighted by atomic mass is 9.96. The standard InChI is InChI=1S/C24H17N3O3S/c1-2-18-17(12-16-8-5-7-15-6-3-4-9-19(15)16)13-21(28)27-20(14-31-22(18)27)23(29)30-24-25-10-11-26-24/h1,3-11,13,20H,12,14H2,(H,25,26). The third kappa shape index (κ3) is 3.41. The molecule has 2 aromatic carbocycles. The van der Waals surface area contributed by atoms with Gasteiger partial charge in [0.15, 0.2) is 0 Å². The van der Waals surface area contributed by atoms with Gasteiger partial charge in [0.25, 0.3) is 5.56 Å². The molecule has 152 valence electrons. The van der Waals surface area contributed by atoms with Crippen LogP contribution < -0.4 is 10.3 Å². The van der Waals surface area contributed by atoms with Gasteiger partial charge >= 0.3 is 12.0 Å². The van der Waals surface area contributed by atoms with E-state index in [2.05, 4.69) is 34.1 Å². The Kier molecular flexibility index (Phi) is 4.85. The Hall–Kier alpha value is -3.76. The molecule has 31 heavy (non-hydrogen) atoms. The highest BCUT2D eigenvalue weighted by molar-refractivity contribution is 7.99. The lowest BCUT2D eigenvalue weighted by Crippen LogP contribution is -2.32. The summed E-state index contributed by atoms with van der Waals surface area (Å²) in [5.74, 6) is 2.57. The number of aromatic amines is 1. The highest BCUT2D eigenvalue weighted by atomic mass is 32.2. The summed E-state index contributed by atoms with van der Waals surface area (Å²) in [6.45, 7) is 0. The minimum atomic E-state index is -0.753. The molecule has 1 unspecified atom stereocenters. The summed E-state index contributed by atoms with van der Waals surface area (Å²) in [7, 11) is 0. The number of carbonyl (C=O) groups is 1. The SMILES string of the molecule is C#Cc1c(Cc2cccc3ccccc23)cc(=O)n2c1SCC2C(=O)Oc1ncc[nH]1. The molecule has 1 aliphatic heterocycles. The van der Waals surface area contributed by atoms with Gasteiger partial charge in [0, 0.05) is 24.2 Å². The molecule has 0 aliphatic carbocycles. The highest BCUT2D eigenvalue weighted by Crippen LogP contribution is 2.36. The van der Waals surface area contributed by atoms with Crippen molar-refractivity contribution in [2.75, 3.05) is 5.75 Å². The molecule has 7 heteroatoms. The molecule has 0 bridgehead atoms.